The van der Waals surface area contributed by atoms with Gasteiger partial charge in [-0.2, -0.15) is 16.9 Å². The number of H-pyrrole nitrogens is 2. The molecule has 0 aliphatic carbocycles. The lowest BCUT2D eigenvalue weighted by atomic mass is 10.0. The lowest BCUT2D eigenvalue weighted by molar-refractivity contribution is 0.318. The molecule has 0 unspecified atom stereocenters. The van der Waals surface area contributed by atoms with Gasteiger partial charge in [0.15, 0.2) is 0 Å². The quantitative estimate of drug-likeness (QED) is 0.697. The molecule has 2 aromatic rings. The minimum atomic E-state index is -0.249. The predicted molar refractivity (Wildman–Crippen MR) is 90.7 cm³/mol. The maximum atomic E-state index is 10.9. The molecule has 0 spiro atoms. The molecule has 0 saturated heterocycles. The summed E-state index contributed by atoms with van der Waals surface area (Å²) < 4.78 is 5.81. The molecule has 22 heavy (non-hydrogen) atoms. The van der Waals surface area contributed by atoms with Gasteiger partial charge in [0, 0.05) is 0 Å². The molecule has 2 rings (SSSR count). The van der Waals surface area contributed by atoms with E-state index in [-0.39, 0.29) is 5.69 Å². The lowest BCUT2D eigenvalue weighted by Crippen LogP contribution is -2.01. The van der Waals surface area contributed by atoms with Crippen LogP contribution in [0.3, 0.4) is 0 Å². The third-order valence-electron chi connectivity index (χ3n) is 3.43. The topological polar surface area (TPSA) is 70.8 Å². The van der Waals surface area contributed by atoms with E-state index in [1.807, 2.05) is 0 Å². The van der Waals surface area contributed by atoms with Crippen molar-refractivity contribution in [1.82, 2.24) is 15.2 Å². The average Bonchev–Trinajstić information content (AvgIpc) is 2.95. The van der Waals surface area contributed by atoms with E-state index in [4.69, 9.17) is 4.74 Å². The van der Waals surface area contributed by atoms with Gasteiger partial charge in [-0.05, 0) is 48.3 Å². The minimum Gasteiger partial charge on any atom is -0.494 e. The second kappa shape index (κ2) is 8.68. The third-order valence-corrected chi connectivity index (χ3v) is 4.49. The Morgan fingerprint density at radius 1 is 1.23 bits per heavy atom. The first-order valence-electron chi connectivity index (χ1n) is 7.68. The standard InChI is InChI=1S/C16H23N3O2S/c1-3-12-6-7-14(10-13(12)4-2)21-8-5-9-22-11-15-17-16(20)19-18-15/h6-7,10H,3-5,8-9,11H2,1-2H3,(H2,17,18,19,20). The smallest absolute Gasteiger partial charge is 0.340 e. The molecule has 0 aliphatic rings. The van der Waals surface area contributed by atoms with Crippen molar-refractivity contribution in [3.63, 3.8) is 0 Å². The van der Waals surface area contributed by atoms with Crippen molar-refractivity contribution in [3.05, 3.63) is 45.6 Å². The van der Waals surface area contributed by atoms with Gasteiger partial charge in [-0.3, -0.25) is 4.98 Å². The summed E-state index contributed by atoms with van der Waals surface area (Å²) in [4.78, 5) is 13.5. The van der Waals surface area contributed by atoms with Gasteiger partial charge in [0.1, 0.15) is 11.6 Å². The molecule has 1 aromatic heterocycles. The molecular formula is C16H23N3O2S. The van der Waals surface area contributed by atoms with Gasteiger partial charge in [-0.25, -0.2) is 9.89 Å². The van der Waals surface area contributed by atoms with Crippen LogP contribution in [0.15, 0.2) is 23.0 Å². The van der Waals surface area contributed by atoms with Crippen LogP contribution >= 0.6 is 11.8 Å². The highest BCUT2D eigenvalue weighted by molar-refractivity contribution is 7.98. The van der Waals surface area contributed by atoms with Crippen LogP contribution in [-0.4, -0.2) is 27.5 Å². The van der Waals surface area contributed by atoms with Crippen LogP contribution in [0.1, 0.15) is 37.2 Å². The minimum absolute atomic E-state index is 0.249. The SMILES string of the molecule is CCc1ccc(OCCCSCc2n[nH]c(=O)[nH]2)cc1CC. The van der Waals surface area contributed by atoms with Crippen molar-refractivity contribution in [2.45, 2.75) is 38.9 Å². The molecule has 1 aromatic carbocycles. The Balaban J connectivity index is 1.67. The number of hydrogen-bond donors (Lipinski definition) is 2. The highest BCUT2D eigenvalue weighted by Crippen LogP contribution is 2.19. The van der Waals surface area contributed by atoms with Gasteiger partial charge in [0.2, 0.25) is 0 Å². The molecule has 0 amide bonds. The van der Waals surface area contributed by atoms with Gasteiger partial charge in [-0.15, -0.1) is 0 Å². The summed E-state index contributed by atoms with van der Waals surface area (Å²) in [6, 6.07) is 6.37. The Labute approximate surface area is 134 Å². The van der Waals surface area contributed by atoms with Crippen molar-refractivity contribution < 1.29 is 4.74 Å². The van der Waals surface area contributed by atoms with E-state index >= 15 is 0 Å². The number of benzene rings is 1. The molecule has 0 saturated carbocycles. The average molecular weight is 321 g/mol. The summed E-state index contributed by atoms with van der Waals surface area (Å²) in [5.74, 6) is 3.33. The fraction of sp³-hybridized carbons (Fsp3) is 0.500. The largest absolute Gasteiger partial charge is 0.494 e. The van der Waals surface area contributed by atoms with Gasteiger partial charge >= 0.3 is 5.69 Å². The normalized spacial score (nSPS) is 10.8. The Hall–Kier alpha value is -1.69. The molecule has 6 heteroatoms. The first-order chi connectivity index (χ1) is 10.7. The highest BCUT2D eigenvalue weighted by atomic mass is 32.2. The van der Waals surface area contributed by atoms with E-state index in [1.54, 1.807) is 11.8 Å². The van der Waals surface area contributed by atoms with Crippen LogP contribution in [0.5, 0.6) is 5.75 Å². The fourth-order valence-electron chi connectivity index (χ4n) is 2.26. The number of nitrogens with zero attached hydrogens (tertiary/aromatic N) is 1. The van der Waals surface area contributed by atoms with E-state index in [0.717, 1.165) is 30.8 Å². The third kappa shape index (κ3) is 4.94. The monoisotopic (exact) mass is 321 g/mol. The number of aryl methyl sites for hydroxylation is 2. The lowest BCUT2D eigenvalue weighted by Gasteiger charge is -2.10. The molecule has 5 nitrogen and oxygen atoms in total. The number of nitrogens with one attached hydrogen (secondary N) is 2. The second-order valence-electron chi connectivity index (χ2n) is 5.02. The van der Waals surface area contributed by atoms with Crippen LogP contribution in [-0.2, 0) is 18.6 Å². The molecule has 0 bridgehead atoms. The number of aromatic amines is 2. The Kier molecular flexibility index (Phi) is 6.58. The van der Waals surface area contributed by atoms with E-state index in [9.17, 15) is 4.79 Å². The number of aromatic nitrogens is 3. The Bertz CT molecular complexity index is 636. The van der Waals surface area contributed by atoms with Crippen molar-refractivity contribution >= 4 is 11.8 Å². The number of thioether (sulfide) groups is 1. The van der Waals surface area contributed by atoms with Crippen LogP contribution in [0.2, 0.25) is 0 Å². The summed E-state index contributed by atoms with van der Waals surface area (Å²) in [5, 5.41) is 6.23. The zero-order valence-corrected chi connectivity index (χ0v) is 14.0. The second-order valence-corrected chi connectivity index (χ2v) is 6.12. The molecule has 1 heterocycles. The highest BCUT2D eigenvalue weighted by Gasteiger charge is 2.02. The van der Waals surface area contributed by atoms with Crippen molar-refractivity contribution in [2.75, 3.05) is 12.4 Å². The molecule has 0 aliphatic heterocycles. The number of rotatable bonds is 9. The van der Waals surface area contributed by atoms with Crippen molar-refractivity contribution in [3.8, 4) is 5.75 Å². The summed E-state index contributed by atoms with van der Waals surface area (Å²) in [5.41, 5.74) is 2.52. The van der Waals surface area contributed by atoms with Crippen molar-refractivity contribution in [1.29, 1.82) is 0 Å². The predicted octanol–water partition coefficient (Wildman–Crippen LogP) is 2.93. The van der Waals surface area contributed by atoms with E-state index < -0.39 is 0 Å². The van der Waals surface area contributed by atoms with Crippen molar-refractivity contribution in [2.24, 2.45) is 0 Å². The van der Waals surface area contributed by atoms with Gasteiger partial charge in [-0.1, -0.05) is 19.9 Å². The van der Waals surface area contributed by atoms with E-state index in [2.05, 4.69) is 47.2 Å². The van der Waals surface area contributed by atoms with Crippen LogP contribution in [0.4, 0.5) is 0 Å². The molecular weight excluding hydrogens is 298 g/mol. The van der Waals surface area contributed by atoms with Gasteiger partial charge in [0.25, 0.3) is 0 Å². The summed E-state index contributed by atoms with van der Waals surface area (Å²) in [7, 11) is 0. The first kappa shape index (κ1) is 16.7. The summed E-state index contributed by atoms with van der Waals surface area (Å²) in [6.07, 6.45) is 3.07. The maximum absolute atomic E-state index is 10.9. The summed E-state index contributed by atoms with van der Waals surface area (Å²) in [6.45, 7) is 5.06. The molecule has 120 valence electrons. The van der Waals surface area contributed by atoms with E-state index in [1.165, 1.54) is 11.1 Å². The number of hydrogen-bond acceptors (Lipinski definition) is 4. The zero-order valence-electron chi connectivity index (χ0n) is 13.1. The molecule has 0 fully saturated rings. The summed E-state index contributed by atoms with van der Waals surface area (Å²) >= 11 is 1.74. The Morgan fingerprint density at radius 3 is 2.73 bits per heavy atom. The molecule has 2 N–H and O–H groups in total. The number of ether oxygens (including phenoxy) is 1. The zero-order chi connectivity index (χ0) is 15.8. The fourth-order valence-corrected chi connectivity index (χ4v) is 3.06. The molecule has 0 atom stereocenters. The molecule has 0 radical (unpaired) electrons. The first-order valence-corrected chi connectivity index (χ1v) is 8.84. The van der Waals surface area contributed by atoms with Gasteiger partial charge in [0.05, 0.1) is 12.4 Å². The maximum Gasteiger partial charge on any atom is 0.340 e. The van der Waals surface area contributed by atoms with Crippen LogP contribution in [0, 0.1) is 0 Å². The van der Waals surface area contributed by atoms with Gasteiger partial charge < -0.3 is 4.74 Å². The van der Waals surface area contributed by atoms with Crippen LogP contribution < -0.4 is 10.4 Å². The Morgan fingerprint density at radius 2 is 2.05 bits per heavy atom. The van der Waals surface area contributed by atoms with Crippen LogP contribution in [0.25, 0.3) is 0 Å². The van der Waals surface area contributed by atoms with E-state index in [0.29, 0.717) is 18.2 Å².